The molecular formula is C11H11N3O4S. The Bertz CT molecular complexity index is 691. The molecule has 0 unspecified atom stereocenters. The van der Waals surface area contributed by atoms with Gasteiger partial charge in [-0.2, -0.15) is 0 Å². The van der Waals surface area contributed by atoms with Gasteiger partial charge < -0.3 is 10.4 Å². The Morgan fingerprint density at radius 3 is 3.00 bits per heavy atom. The van der Waals surface area contributed by atoms with Crippen LogP contribution in [-0.2, 0) is 16.1 Å². The van der Waals surface area contributed by atoms with Crippen molar-refractivity contribution in [1.82, 2.24) is 14.9 Å². The standard InChI is InChI=1S/C11H11N3O4S/c1-6(11(17)18)13-8(15)4-14-5-12-9-7(10(14)16)2-3-19-9/h2-3,5-6H,4H2,1H3,(H,13,15)(H,17,18)/t6-/m1/s1. The van der Waals surface area contributed by atoms with Crippen molar-refractivity contribution in [1.29, 1.82) is 0 Å². The Labute approximate surface area is 111 Å². The Morgan fingerprint density at radius 2 is 2.32 bits per heavy atom. The Hall–Kier alpha value is -2.22. The topological polar surface area (TPSA) is 101 Å². The van der Waals surface area contributed by atoms with E-state index in [1.165, 1.54) is 24.6 Å². The summed E-state index contributed by atoms with van der Waals surface area (Å²) >= 11 is 1.34. The summed E-state index contributed by atoms with van der Waals surface area (Å²) in [4.78, 5) is 38.8. The van der Waals surface area contributed by atoms with Gasteiger partial charge in [-0.1, -0.05) is 0 Å². The van der Waals surface area contributed by atoms with Crippen LogP contribution in [0.25, 0.3) is 10.2 Å². The highest BCUT2D eigenvalue weighted by atomic mass is 32.1. The van der Waals surface area contributed by atoms with Crippen molar-refractivity contribution < 1.29 is 14.7 Å². The molecule has 7 nitrogen and oxygen atoms in total. The number of hydrogen-bond donors (Lipinski definition) is 2. The molecule has 2 aromatic heterocycles. The third-order valence-electron chi connectivity index (χ3n) is 2.51. The lowest BCUT2D eigenvalue weighted by molar-refractivity contribution is -0.141. The van der Waals surface area contributed by atoms with Crippen molar-refractivity contribution in [3.05, 3.63) is 28.1 Å². The van der Waals surface area contributed by atoms with E-state index in [2.05, 4.69) is 10.3 Å². The van der Waals surface area contributed by atoms with Gasteiger partial charge in [0, 0.05) is 0 Å². The highest BCUT2D eigenvalue weighted by Gasteiger charge is 2.15. The molecule has 0 saturated heterocycles. The molecule has 0 saturated carbocycles. The van der Waals surface area contributed by atoms with Gasteiger partial charge >= 0.3 is 5.97 Å². The van der Waals surface area contributed by atoms with Crippen molar-refractivity contribution in [2.24, 2.45) is 0 Å². The second-order valence-electron chi connectivity index (χ2n) is 3.94. The van der Waals surface area contributed by atoms with Crippen LogP contribution in [0.15, 0.2) is 22.6 Å². The number of nitrogens with one attached hydrogen (secondary N) is 1. The van der Waals surface area contributed by atoms with Crippen LogP contribution in [0.4, 0.5) is 0 Å². The third-order valence-corrected chi connectivity index (χ3v) is 3.33. The fourth-order valence-electron chi connectivity index (χ4n) is 1.51. The number of carbonyl (C=O) groups excluding carboxylic acids is 1. The van der Waals surface area contributed by atoms with Gasteiger partial charge in [0.25, 0.3) is 5.56 Å². The van der Waals surface area contributed by atoms with Gasteiger partial charge in [0.1, 0.15) is 17.4 Å². The molecule has 0 radical (unpaired) electrons. The normalized spacial score (nSPS) is 12.3. The van der Waals surface area contributed by atoms with Crippen molar-refractivity contribution in [3.63, 3.8) is 0 Å². The zero-order valence-corrected chi connectivity index (χ0v) is 10.8. The maximum Gasteiger partial charge on any atom is 0.325 e. The summed E-state index contributed by atoms with van der Waals surface area (Å²) in [5.41, 5.74) is -0.315. The number of amides is 1. The van der Waals surface area contributed by atoms with Crippen LogP contribution < -0.4 is 10.9 Å². The fraction of sp³-hybridized carbons (Fsp3) is 0.273. The lowest BCUT2D eigenvalue weighted by Gasteiger charge is -2.10. The third kappa shape index (κ3) is 2.79. The lowest BCUT2D eigenvalue weighted by Crippen LogP contribution is -2.41. The minimum atomic E-state index is -1.13. The van der Waals surface area contributed by atoms with E-state index in [0.29, 0.717) is 10.2 Å². The van der Waals surface area contributed by atoms with Crippen molar-refractivity contribution >= 4 is 33.4 Å². The molecule has 8 heteroatoms. The Balaban J connectivity index is 2.17. The number of rotatable bonds is 4. The van der Waals surface area contributed by atoms with E-state index in [4.69, 9.17) is 5.11 Å². The summed E-state index contributed by atoms with van der Waals surface area (Å²) < 4.78 is 1.15. The molecule has 0 aromatic carbocycles. The summed E-state index contributed by atoms with van der Waals surface area (Å²) in [6.45, 7) is 1.10. The fourth-order valence-corrected chi connectivity index (χ4v) is 2.23. The molecule has 0 spiro atoms. The van der Waals surface area contributed by atoms with E-state index in [0.717, 1.165) is 4.57 Å². The average Bonchev–Trinajstić information content (AvgIpc) is 2.81. The van der Waals surface area contributed by atoms with Gasteiger partial charge in [-0.3, -0.25) is 19.0 Å². The molecule has 0 fully saturated rings. The van der Waals surface area contributed by atoms with Crippen LogP contribution in [0.1, 0.15) is 6.92 Å². The first kappa shape index (κ1) is 13.2. The first-order chi connectivity index (χ1) is 8.99. The molecule has 2 N–H and O–H groups in total. The molecule has 100 valence electrons. The number of hydrogen-bond acceptors (Lipinski definition) is 5. The molecule has 2 rings (SSSR count). The predicted molar refractivity (Wildman–Crippen MR) is 69.1 cm³/mol. The Kier molecular flexibility index (Phi) is 3.61. The van der Waals surface area contributed by atoms with Crippen LogP contribution in [0.2, 0.25) is 0 Å². The predicted octanol–water partition coefficient (Wildman–Crippen LogP) is 0.0473. The summed E-state index contributed by atoms with van der Waals surface area (Å²) in [6, 6.07) is 0.643. The van der Waals surface area contributed by atoms with Crippen LogP contribution in [0.3, 0.4) is 0 Å². The number of thiophene rings is 1. The number of carboxylic acids is 1. The molecule has 0 bridgehead atoms. The Morgan fingerprint density at radius 1 is 1.58 bits per heavy atom. The van der Waals surface area contributed by atoms with Gasteiger partial charge in [-0.05, 0) is 18.4 Å². The summed E-state index contributed by atoms with van der Waals surface area (Å²) in [6.07, 6.45) is 1.28. The average molecular weight is 281 g/mol. The van der Waals surface area contributed by atoms with E-state index in [1.807, 2.05) is 0 Å². The molecule has 0 aliphatic heterocycles. The lowest BCUT2D eigenvalue weighted by atomic mass is 10.3. The maximum absolute atomic E-state index is 12.0. The number of carbonyl (C=O) groups is 2. The molecule has 1 amide bonds. The number of fused-ring (bicyclic) bond motifs is 1. The van der Waals surface area contributed by atoms with Crippen molar-refractivity contribution in [2.45, 2.75) is 19.5 Å². The van der Waals surface area contributed by atoms with Gasteiger partial charge in [0.15, 0.2) is 0 Å². The molecule has 19 heavy (non-hydrogen) atoms. The van der Waals surface area contributed by atoms with Gasteiger partial charge in [-0.15, -0.1) is 11.3 Å². The van der Waals surface area contributed by atoms with Crippen molar-refractivity contribution in [2.75, 3.05) is 0 Å². The largest absolute Gasteiger partial charge is 0.480 e. The second kappa shape index (κ2) is 5.19. The molecule has 1 atom stereocenters. The highest BCUT2D eigenvalue weighted by Crippen LogP contribution is 2.12. The molecule has 2 aromatic rings. The highest BCUT2D eigenvalue weighted by molar-refractivity contribution is 7.16. The van der Waals surface area contributed by atoms with E-state index in [1.54, 1.807) is 11.4 Å². The minimum absolute atomic E-state index is 0.255. The van der Waals surface area contributed by atoms with Gasteiger partial charge in [-0.25, -0.2) is 4.98 Å². The van der Waals surface area contributed by atoms with Crippen LogP contribution in [0, 0.1) is 0 Å². The number of aliphatic carboxylic acids is 1. The summed E-state index contributed by atoms with van der Waals surface area (Å²) in [7, 11) is 0. The first-order valence-corrected chi connectivity index (χ1v) is 6.32. The van der Waals surface area contributed by atoms with E-state index < -0.39 is 17.9 Å². The summed E-state index contributed by atoms with van der Waals surface area (Å²) in [5.74, 6) is -1.68. The van der Waals surface area contributed by atoms with Gasteiger partial charge in [0.05, 0.1) is 11.7 Å². The zero-order valence-electron chi connectivity index (χ0n) is 9.99. The number of nitrogens with zero attached hydrogens (tertiary/aromatic N) is 2. The molecular weight excluding hydrogens is 270 g/mol. The molecule has 0 aliphatic carbocycles. The molecule has 0 aliphatic rings. The van der Waals surface area contributed by atoms with Gasteiger partial charge in [0.2, 0.25) is 5.91 Å². The van der Waals surface area contributed by atoms with Crippen LogP contribution in [-0.4, -0.2) is 32.6 Å². The number of carboxylic acid groups (broad SMARTS) is 1. The smallest absolute Gasteiger partial charge is 0.325 e. The van der Waals surface area contributed by atoms with Crippen LogP contribution in [0.5, 0.6) is 0 Å². The monoisotopic (exact) mass is 281 g/mol. The quantitative estimate of drug-likeness (QED) is 0.824. The van der Waals surface area contributed by atoms with Crippen molar-refractivity contribution in [3.8, 4) is 0 Å². The van der Waals surface area contributed by atoms with E-state index in [9.17, 15) is 14.4 Å². The van der Waals surface area contributed by atoms with Crippen LogP contribution >= 0.6 is 11.3 Å². The SMILES string of the molecule is C[C@@H](NC(=O)Cn1cnc2sccc2c1=O)C(=O)O. The minimum Gasteiger partial charge on any atom is -0.480 e. The summed E-state index contributed by atoms with van der Waals surface area (Å²) in [5, 5.41) is 13.1. The van der Waals surface area contributed by atoms with E-state index >= 15 is 0 Å². The number of aromatic nitrogens is 2. The maximum atomic E-state index is 12.0. The first-order valence-electron chi connectivity index (χ1n) is 5.44. The second-order valence-corrected chi connectivity index (χ2v) is 4.84. The van der Waals surface area contributed by atoms with E-state index in [-0.39, 0.29) is 12.1 Å². The zero-order chi connectivity index (χ0) is 14.0. The molecule has 2 heterocycles.